The molecule has 0 radical (unpaired) electrons. The van der Waals surface area contributed by atoms with Crippen LogP contribution in [0.15, 0.2) is 0 Å². The second kappa shape index (κ2) is 4.67. The Hall–Kier alpha value is 0.270. The molecule has 2 N–H and O–H groups in total. The van der Waals surface area contributed by atoms with Crippen molar-refractivity contribution in [1.82, 2.24) is 4.90 Å². The molecule has 2 nitrogen and oxygen atoms in total. The number of rotatable bonds is 2. The molecule has 0 bridgehead atoms. The average molecular weight is 202 g/mol. The molecule has 0 aromatic carbocycles. The fraction of sp³-hybridized carbons (Fsp3) is 1.00. The minimum atomic E-state index is 0.276. The van der Waals surface area contributed by atoms with E-state index in [9.17, 15) is 0 Å². The molecule has 13 heavy (non-hydrogen) atoms. The van der Waals surface area contributed by atoms with Crippen molar-refractivity contribution in [2.45, 2.75) is 51.1 Å². The summed E-state index contributed by atoms with van der Waals surface area (Å²) in [6, 6.07) is 1.45. The van der Waals surface area contributed by atoms with E-state index in [4.69, 9.17) is 5.73 Å². The van der Waals surface area contributed by atoms with Crippen LogP contribution in [0.5, 0.6) is 0 Å². The van der Waals surface area contributed by atoms with Crippen molar-refractivity contribution >= 4 is 11.8 Å². The van der Waals surface area contributed by atoms with Crippen LogP contribution in [0.3, 0.4) is 0 Å². The van der Waals surface area contributed by atoms with Gasteiger partial charge in [0.05, 0.1) is 0 Å². The van der Waals surface area contributed by atoms with Crippen molar-refractivity contribution in [3.8, 4) is 0 Å². The highest BCUT2D eigenvalue weighted by Crippen LogP contribution is 2.26. The molecule has 1 fully saturated rings. The molecule has 0 amide bonds. The molecule has 1 aliphatic heterocycles. The summed E-state index contributed by atoms with van der Waals surface area (Å²) in [6.07, 6.45) is 0. The van der Waals surface area contributed by atoms with Crippen molar-refractivity contribution < 1.29 is 0 Å². The van der Waals surface area contributed by atoms with Gasteiger partial charge >= 0.3 is 0 Å². The summed E-state index contributed by atoms with van der Waals surface area (Å²) >= 11 is 2.08. The Labute approximate surface area is 86.2 Å². The number of thioether (sulfide) groups is 1. The Balaban J connectivity index is 2.57. The molecule has 78 valence electrons. The Kier molecular flexibility index (Phi) is 4.07. The largest absolute Gasteiger partial charge is 0.327 e. The van der Waals surface area contributed by atoms with E-state index in [1.165, 1.54) is 12.3 Å². The van der Waals surface area contributed by atoms with Gasteiger partial charge < -0.3 is 5.73 Å². The zero-order chi connectivity index (χ0) is 10.0. The zero-order valence-electron chi connectivity index (χ0n) is 9.16. The van der Waals surface area contributed by atoms with Gasteiger partial charge in [0.15, 0.2) is 0 Å². The van der Waals surface area contributed by atoms with E-state index >= 15 is 0 Å². The van der Waals surface area contributed by atoms with Gasteiger partial charge in [0.1, 0.15) is 0 Å². The average Bonchev–Trinajstić information content (AvgIpc) is 2.08. The molecule has 0 aliphatic carbocycles. The van der Waals surface area contributed by atoms with Crippen molar-refractivity contribution in [3.05, 3.63) is 0 Å². The lowest BCUT2D eigenvalue weighted by molar-refractivity contribution is 0.141. The quantitative estimate of drug-likeness (QED) is 0.736. The summed E-state index contributed by atoms with van der Waals surface area (Å²) in [4.78, 5) is 2.55. The first kappa shape index (κ1) is 11.3. The third-order valence-electron chi connectivity index (χ3n) is 3.22. The topological polar surface area (TPSA) is 29.3 Å². The van der Waals surface area contributed by atoms with Crippen LogP contribution in [-0.2, 0) is 0 Å². The maximum absolute atomic E-state index is 5.93. The monoisotopic (exact) mass is 202 g/mol. The molecule has 1 heterocycles. The molecule has 0 aromatic rings. The highest BCUT2D eigenvalue weighted by molar-refractivity contribution is 8.00. The summed E-state index contributed by atoms with van der Waals surface area (Å²) in [5, 5.41) is 0.745. The Morgan fingerprint density at radius 1 is 1.38 bits per heavy atom. The van der Waals surface area contributed by atoms with E-state index in [0.29, 0.717) is 12.1 Å². The fourth-order valence-electron chi connectivity index (χ4n) is 1.83. The van der Waals surface area contributed by atoms with Crippen molar-refractivity contribution in [1.29, 1.82) is 0 Å². The van der Waals surface area contributed by atoms with E-state index in [0.717, 1.165) is 5.25 Å². The van der Waals surface area contributed by atoms with Gasteiger partial charge in [-0.05, 0) is 20.8 Å². The molecule has 4 unspecified atom stereocenters. The SMILES string of the molecule is CC(N)C(C)N1CCSC(C)C1C. The second-order valence-electron chi connectivity index (χ2n) is 4.15. The lowest BCUT2D eigenvalue weighted by atomic mass is 10.1. The minimum absolute atomic E-state index is 0.276. The van der Waals surface area contributed by atoms with Crippen molar-refractivity contribution in [2.24, 2.45) is 5.73 Å². The molecule has 0 spiro atoms. The van der Waals surface area contributed by atoms with Gasteiger partial charge in [-0.2, -0.15) is 11.8 Å². The zero-order valence-corrected chi connectivity index (χ0v) is 9.97. The normalized spacial score (nSPS) is 35.8. The lowest BCUT2D eigenvalue weighted by Crippen LogP contribution is -2.54. The third-order valence-corrected chi connectivity index (χ3v) is 4.55. The van der Waals surface area contributed by atoms with Crippen LogP contribution in [0.1, 0.15) is 27.7 Å². The maximum Gasteiger partial charge on any atom is 0.0219 e. The smallest absolute Gasteiger partial charge is 0.0219 e. The summed E-state index contributed by atoms with van der Waals surface area (Å²) < 4.78 is 0. The van der Waals surface area contributed by atoms with Gasteiger partial charge in [0, 0.05) is 35.7 Å². The van der Waals surface area contributed by atoms with Crippen LogP contribution < -0.4 is 5.73 Å². The van der Waals surface area contributed by atoms with E-state index in [1.807, 2.05) is 0 Å². The second-order valence-corrected chi connectivity index (χ2v) is 5.64. The molecule has 4 atom stereocenters. The third kappa shape index (κ3) is 2.61. The first-order valence-electron chi connectivity index (χ1n) is 5.17. The Morgan fingerprint density at radius 2 is 2.00 bits per heavy atom. The van der Waals surface area contributed by atoms with Crippen molar-refractivity contribution in [3.63, 3.8) is 0 Å². The van der Waals surface area contributed by atoms with Crippen molar-refractivity contribution in [2.75, 3.05) is 12.3 Å². The standard InChI is InChI=1S/C10H22N2S/c1-7(11)8(2)12-5-6-13-10(4)9(12)3/h7-10H,5-6,11H2,1-4H3. The highest BCUT2D eigenvalue weighted by Gasteiger charge is 2.29. The molecule has 0 aromatic heterocycles. The fourth-order valence-corrected chi connectivity index (χ4v) is 2.96. The molecule has 0 saturated carbocycles. The van der Waals surface area contributed by atoms with Gasteiger partial charge in [-0.1, -0.05) is 6.92 Å². The van der Waals surface area contributed by atoms with E-state index < -0.39 is 0 Å². The summed E-state index contributed by atoms with van der Waals surface area (Å²) in [7, 11) is 0. The van der Waals surface area contributed by atoms with Crippen LogP contribution in [0.25, 0.3) is 0 Å². The van der Waals surface area contributed by atoms with Crippen LogP contribution >= 0.6 is 11.8 Å². The molecule has 1 rings (SSSR count). The van der Waals surface area contributed by atoms with Crippen LogP contribution in [0.2, 0.25) is 0 Å². The molecular formula is C10H22N2S. The molecular weight excluding hydrogens is 180 g/mol. The maximum atomic E-state index is 5.93. The van der Waals surface area contributed by atoms with E-state index in [1.54, 1.807) is 0 Å². The van der Waals surface area contributed by atoms with Gasteiger partial charge in [-0.15, -0.1) is 0 Å². The van der Waals surface area contributed by atoms with Gasteiger partial charge in [0.2, 0.25) is 0 Å². The van der Waals surface area contributed by atoms with E-state index in [-0.39, 0.29) is 6.04 Å². The molecule has 1 saturated heterocycles. The number of hydrogen-bond donors (Lipinski definition) is 1. The Morgan fingerprint density at radius 3 is 2.54 bits per heavy atom. The summed E-state index contributed by atoms with van der Waals surface area (Å²) in [5.41, 5.74) is 5.93. The number of nitrogens with zero attached hydrogens (tertiary/aromatic N) is 1. The van der Waals surface area contributed by atoms with Crippen LogP contribution in [-0.4, -0.2) is 40.6 Å². The first-order chi connectivity index (χ1) is 6.04. The number of hydrogen-bond acceptors (Lipinski definition) is 3. The van der Waals surface area contributed by atoms with Crippen LogP contribution in [0.4, 0.5) is 0 Å². The van der Waals surface area contributed by atoms with Gasteiger partial charge in [-0.25, -0.2) is 0 Å². The van der Waals surface area contributed by atoms with Gasteiger partial charge in [0.25, 0.3) is 0 Å². The minimum Gasteiger partial charge on any atom is -0.327 e. The predicted octanol–water partition coefficient (Wildman–Crippen LogP) is 1.55. The predicted molar refractivity (Wildman–Crippen MR) is 61.2 cm³/mol. The summed E-state index contributed by atoms with van der Waals surface area (Å²) in [5.74, 6) is 1.25. The van der Waals surface area contributed by atoms with Crippen LogP contribution in [0, 0.1) is 0 Å². The Bertz CT molecular complexity index is 157. The van der Waals surface area contributed by atoms with Gasteiger partial charge in [-0.3, -0.25) is 4.90 Å². The highest BCUT2D eigenvalue weighted by atomic mass is 32.2. The summed E-state index contributed by atoms with van der Waals surface area (Å²) in [6.45, 7) is 10.2. The number of nitrogens with two attached hydrogens (primary N) is 1. The first-order valence-corrected chi connectivity index (χ1v) is 6.22. The molecule has 1 aliphatic rings. The molecule has 3 heteroatoms. The lowest BCUT2D eigenvalue weighted by Gasteiger charge is -2.42. The van der Waals surface area contributed by atoms with E-state index in [2.05, 4.69) is 44.4 Å².